The average molecular weight is 405 g/mol. The quantitative estimate of drug-likeness (QED) is 0.804. The van der Waals surface area contributed by atoms with Gasteiger partial charge in [0.1, 0.15) is 5.82 Å². The van der Waals surface area contributed by atoms with E-state index >= 15 is 0 Å². The standard InChI is InChI=1S/C21H22F3N3O2/c22-18-9-5-4-8-17(18)19(28)25-10-11-26-12-14-27(15-13-26)20(29)21(23,24)16-6-2-1-3-7-16/h1-9H,10-15H2,(H,25,28). The van der Waals surface area contributed by atoms with Gasteiger partial charge >= 0.3 is 5.92 Å². The number of piperazine rings is 1. The number of rotatable bonds is 6. The fraction of sp³-hybridized carbons (Fsp3) is 0.333. The van der Waals surface area contributed by atoms with Crippen molar-refractivity contribution in [2.45, 2.75) is 5.92 Å². The number of nitrogens with one attached hydrogen (secondary N) is 1. The lowest BCUT2D eigenvalue weighted by molar-refractivity contribution is -0.160. The van der Waals surface area contributed by atoms with Crippen LogP contribution < -0.4 is 5.32 Å². The smallest absolute Gasteiger partial charge is 0.349 e. The number of carbonyl (C=O) groups excluding carboxylic acids is 2. The number of hydrogen-bond acceptors (Lipinski definition) is 3. The van der Waals surface area contributed by atoms with Gasteiger partial charge in [0.2, 0.25) is 0 Å². The zero-order valence-corrected chi connectivity index (χ0v) is 15.8. The third kappa shape index (κ3) is 4.95. The first-order valence-corrected chi connectivity index (χ1v) is 9.37. The van der Waals surface area contributed by atoms with Gasteiger partial charge in [0, 0.05) is 44.8 Å². The third-order valence-corrected chi connectivity index (χ3v) is 4.90. The van der Waals surface area contributed by atoms with Crippen molar-refractivity contribution in [2.24, 2.45) is 0 Å². The predicted molar refractivity (Wildman–Crippen MR) is 102 cm³/mol. The molecule has 2 aromatic rings. The SMILES string of the molecule is O=C(NCCN1CCN(C(=O)C(F)(F)c2ccccc2)CC1)c1ccccc1F. The van der Waals surface area contributed by atoms with Gasteiger partial charge in [-0.3, -0.25) is 14.5 Å². The molecular formula is C21H22F3N3O2. The Morgan fingerprint density at radius 1 is 0.931 bits per heavy atom. The fourth-order valence-corrected chi connectivity index (χ4v) is 3.21. The first-order valence-electron chi connectivity index (χ1n) is 9.37. The second-order valence-electron chi connectivity index (χ2n) is 6.81. The van der Waals surface area contributed by atoms with Crippen LogP contribution in [0.3, 0.4) is 0 Å². The molecule has 1 heterocycles. The Bertz CT molecular complexity index is 853. The molecule has 0 spiro atoms. The van der Waals surface area contributed by atoms with E-state index in [-0.39, 0.29) is 24.2 Å². The number of hydrogen-bond donors (Lipinski definition) is 1. The van der Waals surface area contributed by atoms with Crippen LogP contribution in [-0.2, 0) is 10.7 Å². The number of carbonyl (C=O) groups is 2. The molecule has 0 bridgehead atoms. The highest BCUT2D eigenvalue weighted by Gasteiger charge is 2.44. The number of nitrogens with zero attached hydrogens (tertiary/aromatic N) is 2. The van der Waals surface area contributed by atoms with Crippen LogP contribution in [0.5, 0.6) is 0 Å². The van der Waals surface area contributed by atoms with E-state index in [1.165, 1.54) is 47.4 Å². The second kappa shape index (κ2) is 9.09. The van der Waals surface area contributed by atoms with Crippen LogP contribution in [0, 0.1) is 5.82 Å². The molecular weight excluding hydrogens is 383 g/mol. The molecule has 1 aliphatic rings. The molecule has 0 saturated carbocycles. The van der Waals surface area contributed by atoms with E-state index in [2.05, 4.69) is 5.32 Å². The first-order chi connectivity index (χ1) is 13.9. The minimum absolute atomic E-state index is 0.0222. The summed E-state index contributed by atoms with van der Waals surface area (Å²) >= 11 is 0. The molecule has 0 atom stereocenters. The molecule has 0 unspecified atom stereocenters. The minimum atomic E-state index is -3.56. The van der Waals surface area contributed by atoms with Gasteiger partial charge in [-0.25, -0.2) is 4.39 Å². The van der Waals surface area contributed by atoms with Crippen molar-refractivity contribution >= 4 is 11.8 Å². The van der Waals surface area contributed by atoms with E-state index in [0.717, 1.165) is 0 Å². The van der Waals surface area contributed by atoms with Crippen LogP contribution in [0.4, 0.5) is 13.2 Å². The zero-order valence-electron chi connectivity index (χ0n) is 15.8. The highest BCUT2D eigenvalue weighted by Crippen LogP contribution is 2.30. The Hall–Kier alpha value is -2.87. The summed E-state index contributed by atoms with van der Waals surface area (Å²) in [5.74, 6) is -5.84. The largest absolute Gasteiger partial charge is 0.351 e. The number of alkyl halides is 2. The molecule has 2 amide bonds. The number of benzene rings is 2. The topological polar surface area (TPSA) is 52.7 Å². The van der Waals surface area contributed by atoms with Crippen molar-refractivity contribution in [1.29, 1.82) is 0 Å². The van der Waals surface area contributed by atoms with Crippen LogP contribution in [0.25, 0.3) is 0 Å². The summed E-state index contributed by atoms with van der Waals surface area (Å²) < 4.78 is 42.5. The van der Waals surface area contributed by atoms with Gasteiger partial charge in [0.05, 0.1) is 5.56 Å². The molecule has 0 aromatic heterocycles. The fourth-order valence-electron chi connectivity index (χ4n) is 3.21. The van der Waals surface area contributed by atoms with Gasteiger partial charge in [-0.1, -0.05) is 42.5 Å². The summed E-state index contributed by atoms with van der Waals surface area (Å²) in [5.41, 5.74) is -0.339. The molecule has 1 fully saturated rings. The van der Waals surface area contributed by atoms with E-state index in [0.29, 0.717) is 26.2 Å². The summed E-state index contributed by atoms with van der Waals surface area (Å²) in [4.78, 5) is 27.4. The lowest BCUT2D eigenvalue weighted by Crippen LogP contribution is -2.53. The summed E-state index contributed by atoms with van der Waals surface area (Å²) in [5, 5.41) is 2.65. The third-order valence-electron chi connectivity index (χ3n) is 4.90. The van der Waals surface area contributed by atoms with Crippen molar-refractivity contribution in [3.05, 3.63) is 71.5 Å². The van der Waals surface area contributed by atoms with E-state index in [4.69, 9.17) is 0 Å². The molecule has 2 aromatic carbocycles. The van der Waals surface area contributed by atoms with Crippen LogP contribution in [0.1, 0.15) is 15.9 Å². The Morgan fingerprint density at radius 2 is 1.55 bits per heavy atom. The highest BCUT2D eigenvalue weighted by atomic mass is 19.3. The van der Waals surface area contributed by atoms with Gasteiger partial charge in [-0.05, 0) is 12.1 Å². The molecule has 1 N–H and O–H groups in total. The van der Waals surface area contributed by atoms with Gasteiger partial charge < -0.3 is 10.2 Å². The molecule has 1 aliphatic heterocycles. The Kier molecular flexibility index (Phi) is 6.53. The van der Waals surface area contributed by atoms with Gasteiger partial charge in [-0.15, -0.1) is 0 Å². The minimum Gasteiger partial charge on any atom is -0.351 e. The monoisotopic (exact) mass is 405 g/mol. The molecule has 5 nitrogen and oxygen atoms in total. The van der Waals surface area contributed by atoms with Crippen LogP contribution in [0.15, 0.2) is 54.6 Å². The van der Waals surface area contributed by atoms with E-state index in [9.17, 15) is 22.8 Å². The van der Waals surface area contributed by atoms with Crippen molar-refractivity contribution in [3.8, 4) is 0 Å². The molecule has 1 saturated heterocycles. The van der Waals surface area contributed by atoms with Gasteiger partial charge in [0.25, 0.3) is 11.8 Å². The van der Waals surface area contributed by atoms with E-state index in [1.54, 1.807) is 12.1 Å². The first kappa shape index (κ1) is 20.9. The van der Waals surface area contributed by atoms with Crippen molar-refractivity contribution in [1.82, 2.24) is 15.1 Å². The molecule has 8 heteroatoms. The number of amides is 2. The molecule has 0 aliphatic carbocycles. The summed E-state index contributed by atoms with van der Waals surface area (Å²) in [6.45, 7) is 1.99. The summed E-state index contributed by atoms with van der Waals surface area (Å²) in [7, 11) is 0. The Morgan fingerprint density at radius 3 is 2.21 bits per heavy atom. The lowest BCUT2D eigenvalue weighted by Gasteiger charge is -2.36. The summed E-state index contributed by atoms with van der Waals surface area (Å²) in [6.07, 6.45) is 0. The summed E-state index contributed by atoms with van der Waals surface area (Å²) in [6, 6.07) is 12.8. The molecule has 0 radical (unpaired) electrons. The second-order valence-corrected chi connectivity index (χ2v) is 6.81. The molecule has 154 valence electrons. The average Bonchev–Trinajstić information content (AvgIpc) is 2.74. The molecule has 3 rings (SSSR count). The maximum absolute atomic E-state index is 14.4. The normalized spacial score (nSPS) is 15.2. The van der Waals surface area contributed by atoms with Crippen LogP contribution in [-0.4, -0.2) is 60.9 Å². The highest BCUT2D eigenvalue weighted by molar-refractivity contribution is 5.94. The van der Waals surface area contributed by atoms with E-state index in [1.807, 2.05) is 4.90 Å². The van der Waals surface area contributed by atoms with Gasteiger partial charge in [-0.2, -0.15) is 8.78 Å². The van der Waals surface area contributed by atoms with Crippen molar-refractivity contribution in [3.63, 3.8) is 0 Å². The van der Waals surface area contributed by atoms with Crippen molar-refractivity contribution in [2.75, 3.05) is 39.3 Å². The maximum atomic E-state index is 14.4. The Balaban J connectivity index is 1.45. The zero-order chi connectivity index (χ0) is 20.9. The van der Waals surface area contributed by atoms with E-state index < -0.39 is 23.6 Å². The maximum Gasteiger partial charge on any atom is 0.349 e. The lowest BCUT2D eigenvalue weighted by atomic mass is 10.1. The molecule has 29 heavy (non-hydrogen) atoms. The van der Waals surface area contributed by atoms with Crippen LogP contribution >= 0.6 is 0 Å². The number of halogens is 3. The predicted octanol–water partition coefficient (Wildman–Crippen LogP) is 2.49. The van der Waals surface area contributed by atoms with Gasteiger partial charge in [0.15, 0.2) is 0 Å². The van der Waals surface area contributed by atoms with Crippen LogP contribution in [0.2, 0.25) is 0 Å². The van der Waals surface area contributed by atoms with Crippen molar-refractivity contribution < 1.29 is 22.8 Å². The Labute approximate surface area is 167 Å².